The molecule has 2 heterocycles. The molecule has 1 amide bonds. The highest BCUT2D eigenvalue weighted by Gasteiger charge is 2.14. The van der Waals surface area contributed by atoms with Crippen molar-refractivity contribution in [3.63, 3.8) is 0 Å². The molecule has 152 valence electrons. The van der Waals surface area contributed by atoms with Crippen LogP contribution in [0.3, 0.4) is 0 Å². The molecule has 0 aliphatic rings. The maximum atomic E-state index is 13.3. The molecule has 0 spiro atoms. The molecule has 5 rings (SSSR count). The van der Waals surface area contributed by atoms with Crippen LogP contribution in [-0.4, -0.2) is 22.6 Å². The van der Waals surface area contributed by atoms with Gasteiger partial charge in [-0.3, -0.25) is 4.79 Å². The lowest BCUT2D eigenvalue weighted by Gasteiger charge is -2.07. The van der Waals surface area contributed by atoms with Crippen LogP contribution in [0.15, 0.2) is 83.9 Å². The van der Waals surface area contributed by atoms with Crippen LogP contribution >= 0.6 is 11.3 Å². The van der Waals surface area contributed by atoms with E-state index in [1.807, 2.05) is 90.5 Å². The zero-order chi connectivity index (χ0) is 21.4. The first-order valence-electron chi connectivity index (χ1n) is 9.82. The SMILES string of the molecule is COc1ccc2c(c1)sc(=NC(=O)c1cc(-c3ccccc3)nc3ccccc13)n2C. The third-order valence-corrected chi connectivity index (χ3v) is 6.32. The average molecular weight is 426 g/mol. The van der Waals surface area contributed by atoms with Gasteiger partial charge in [0, 0.05) is 18.0 Å². The zero-order valence-corrected chi connectivity index (χ0v) is 17.9. The van der Waals surface area contributed by atoms with Crippen LogP contribution in [0.25, 0.3) is 32.4 Å². The lowest BCUT2D eigenvalue weighted by molar-refractivity contribution is 0.0999. The van der Waals surface area contributed by atoms with Crippen molar-refractivity contribution in [1.29, 1.82) is 0 Å². The van der Waals surface area contributed by atoms with E-state index >= 15 is 0 Å². The molecule has 3 aromatic carbocycles. The summed E-state index contributed by atoms with van der Waals surface area (Å²) >= 11 is 1.46. The number of para-hydroxylation sites is 1. The first-order valence-corrected chi connectivity index (χ1v) is 10.6. The van der Waals surface area contributed by atoms with Crippen molar-refractivity contribution in [3.8, 4) is 17.0 Å². The highest BCUT2D eigenvalue weighted by atomic mass is 32.1. The minimum Gasteiger partial charge on any atom is -0.497 e. The number of methoxy groups -OCH3 is 1. The number of nitrogens with zero attached hydrogens (tertiary/aromatic N) is 3. The maximum absolute atomic E-state index is 13.3. The smallest absolute Gasteiger partial charge is 0.280 e. The van der Waals surface area contributed by atoms with Crippen LogP contribution in [0.1, 0.15) is 10.4 Å². The average Bonchev–Trinajstić information content (AvgIpc) is 3.13. The number of rotatable bonds is 3. The first-order chi connectivity index (χ1) is 15.1. The predicted octanol–water partition coefficient (Wildman–Crippen LogP) is 5.20. The summed E-state index contributed by atoms with van der Waals surface area (Å²) < 4.78 is 8.26. The second-order valence-electron chi connectivity index (χ2n) is 7.13. The fraction of sp³-hybridized carbons (Fsp3) is 0.0800. The zero-order valence-electron chi connectivity index (χ0n) is 17.1. The van der Waals surface area contributed by atoms with E-state index in [-0.39, 0.29) is 5.91 Å². The van der Waals surface area contributed by atoms with Gasteiger partial charge in [0.15, 0.2) is 4.80 Å². The monoisotopic (exact) mass is 425 g/mol. The Kier molecular flexibility index (Phi) is 4.84. The molecule has 0 aliphatic heterocycles. The van der Waals surface area contributed by atoms with E-state index in [9.17, 15) is 4.79 Å². The normalized spacial score (nSPS) is 11.9. The van der Waals surface area contributed by atoms with Crippen molar-refractivity contribution in [3.05, 3.63) is 89.2 Å². The Morgan fingerprint density at radius 1 is 1.00 bits per heavy atom. The van der Waals surface area contributed by atoms with Gasteiger partial charge >= 0.3 is 0 Å². The quantitative estimate of drug-likeness (QED) is 0.399. The summed E-state index contributed by atoms with van der Waals surface area (Å²) in [4.78, 5) is 23.2. The molecule has 0 unspecified atom stereocenters. The molecule has 0 aliphatic carbocycles. The van der Waals surface area contributed by atoms with Crippen molar-refractivity contribution >= 4 is 38.4 Å². The van der Waals surface area contributed by atoms with Gasteiger partial charge in [0.25, 0.3) is 5.91 Å². The molecular weight excluding hydrogens is 406 g/mol. The molecule has 5 aromatic rings. The lowest BCUT2D eigenvalue weighted by atomic mass is 10.0. The van der Waals surface area contributed by atoms with Gasteiger partial charge in [-0.05, 0) is 30.3 Å². The lowest BCUT2D eigenvalue weighted by Crippen LogP contribution is -2.13. The van der Waals surface area contributed by atoms with Gasteiger partial charge in [-0.2, -0.15) is 4.99 Å². The fourth-order valence-electron chi connectivity index (χ4n) is 3.60. The Morgan fingerprint density at radius 3 is 2.58 bits per heavy atom. The number of ether oxygens (including phenoxy) is 1. The van der Waals surface area contributed by atoms with Gasteiger partial charge in [-0.25, -0.2) is 4.98 Å². The summed E-state index contributed by atoms with van der Waals surface area (Å²) in [7, 11) is 3.56. The summed E-state index contributed by atoms with van der Waals surface area (Å²) in [6.07, 6.45) is 0. The number of hydrogen-bond donors (Lipinski definition) is 0. The van der Waals surface area contributed by atoms with Crippen LogP contribution < -0.4 is 9.54 Å². The highest BCUT2D eigenvalue weighted by Crippen LogP contribution is 2.26. The van der Waals surface area contributed by atoms with Crippen molar-refractivity contribution in [2.45, 2.75) is 0 Å². The number of hydrogen-bond acceptors (Lipinski definition) is 4. The predicted molar refractivity (Wildman–Crippen MR) is 124 cm³/mol. The van der Waals surface area contributed by atoms with Gasteiger partial charge < -0.3 is 9.30 Å². The van der Waals surface area contributed by atoms with Crippen molar-refractivity contribution in [1.82, 2.24) is 9.55 Å². The van der Waals surface area contributed by atoms with Gasteiger partial charge in [0.05, 0.1) is 34.1 Å². The van der Waals surface area contributed by atoms with Crippen LogP contribution in [0, 0.1) is 0 Å². The second-order valence-corrected chi connectivity index (χ2v) is 8.14. The van der Waals surface area contributed by atoms with Gasteiger partial charge in [0.2, 0.25) is 0 Å². The number of amides is 1. The fourth-order valence-corrected chi connectivity index (χ4v) is 4.65. The number of aryl methyl sites for hydroxylation is 1. The van der Waals surface area contributed by atoms with Crippen LogP contribution in [0.2, 0.25) is 0 Å². The van der Waals surface area contributed by atoms with Crippen molar-refractivity contribution < 1.29 is 9.53 Å². The molecule has 0 saturated heterocycles. The molecule has 0 N–H and O–H groups in total. The van der Waals surface area contributed by atoms with Crippen LogP contribution in [0.5, 0.6) is 5.75 Å². The Hall–Kier alpha value is -3.77. The Balaban J connectivity index is 1.68. The molecular formula is C25H19N3O2S. The molecule has 0 saturated carbocycles. The van der Waals surface area contributed by atoms with E-state index < -0.39 is 0 Å². The summed E-state index contributed by atoms with van der Waals surface area (Å²) in [5.41, 5.74) is 4.03. The molecule has 31 heavy (non-hydrogen) atoms. The third kappa shape index (κ3) is 3.51. The van der Waals surface area contributed by atoms with Crippen molar-refractivity contribution in [2.75, 3.05) is 7.11 Å². The molecule has 0 fully saturated rings. The number of pyridine rings is 1. The molecule has 0 atom stereocenters. The standard InChI is InChI=1S/C25H19N3O2S/c1-28-22-13-12-17(30-2)14-23(22)31-25(28)27-24(29)19-15-21(16-8-4-3-5-9-16)26-20-11-7-6-10-18(19)20/h3-15H,1-2H3. The number of carbonyl (C=O) groups is 1. The largest absolute Gasteiger partial charge is 0.497 e. The van der Waals surface area contributed by atoms with E-state index in [4.69, 9.17) is 9.72 Å². The molecule has 6 heteroatoms. The second kappa shape index (κ2) is 7.81. The first kappa shape index (κ1) is 19.2. The van der Waals surface area contributed by atoms with Gasteiger partial charge in [-0.15, -0.1) is 0 Å². The third-order valence-electron chi connectivity index (χ3n) is 5.23. The van der Waals surface area contributed by atoms with Gasteiger partial charge in [0.1, 0.15) is 5.75 Å². The van der Waals surface area contributed by atoms with Crippen molar-refractivity contribution in [2.24, 2.45) is 12.0 Å². The van der Waals surface area contributed by atoms with E-state index in [1.54, 1.807) is 7.11 Å². The number of aromatic nitrogens is 2. The topological polar surface area (TPSA) is 56.5 Å². The van der Waals surface area contributed by atoms with E-state index in [0.29, 0.717) is 10.4 Å². The summed E-state index contributed by atoms with van der Waals surface area (Å²) in [5.74, 6) is 0.491. The minimum absolute atomic E-state index is 0.287. The maximum Gasteiger partial charge on any atom is 0.280 e. The molecule has 5 nitrogen and oxygen atoms in total. The Morgan fingerprint density at radius 2 is 1.77 bits per heavy atom. The highest BCUT2D eigenvalue weighted by molar-refractivity contribution is 7.16. The van der Waals surface area contributed by atoms with E-state index in [1.165, 1.54) is 11.3 Å². The molecule has 0 radical (unpaired) electrons. The van der Waals surface area contributed by atoms with Crippen LogP contribution in [0.4, 0.5) is 0 Å². The number of thiazole rings is 1. The van der Waals surface area contributed by atoms with Crippen LogP contribution in [-0.2, 0) is 7.05 Å². The Bertz CT molecular complexity index is 1500. The Labute approximate surface area is 182 Å². The minimum atomic E-state index is -0.287. The van der Waals surface area contributed by atoms with E-state index in [2.05, 4.69) is 4.99 Å². The molecule has 0 bridgehead atoms. The number of carbonyl (C=O) groups excluding carboxylic acids is 1. The number of fused-ring (bicyclic) bond motifs is 2. The van der Waals surface area contributed by atoms with E-state index in [0.717, 1.165) is 38.1 Å². The van der Waals surface area contributed by atoms with Gasteiger partial charge in [-0.1, -0.05) is 59.9 Å². The molecule has 2 aromatic heterocycles. The summed E-state index contributed by atoms with van der Waals surface area (Å²) in [6, 6.07) is 25.2. The summed E-state index contributed by atoms with van der Waals surface area (Å²) in [6.45, 7) is 0. The number of benzene rings is 3. The summed E-state index contributed by atoms with van der Waals surface area (Å²) in [5, 5.41) is 0.793.